The van der Waals surface area contributed by atoms with Gasteiger partial charge in [0.2, 0.25) is 5.88 Å². The van der Waals surface area contributed by atoms with E-state index in [1.807, 2.05) is 17.9 Å². The molecule has 0 unspecified atom stereocenters. The highest BCUT2D eigenvalue weighted by atomic mass is 16.5. The van der Waals surface area contributed by atoms with Crippen molar-refractivity contribution in [3.8, 4) is 5.88 Å². The number of nitrogens with one attached hydrogen (secondary N) is 1. The van der Waals surface area contributed by atoms with Crippen LogP contribution in [0.4, 0.5) is 16.2 Å². The predicted octanol–water partition coefficient (Wildman–Crippen LogP) is 5.62. The lowest BCUT2D eigenvalue weighted by atomic mass is 10.0. The summed E-state index contributed by atoms with van der Waals surface area (Å²) in [4.78, 5) is 21.8. The summed E-state index contributed by atoms with van der Waals surface area (Å²) < 4.78 is 5.41. The second-order valence-corrected chi connectivity index (χ2v) is 8.75. The van der Waals surface area contributed by atoms with Crippen molar-refractivity contribution in [2.24, 2.45) is 0 Å². The number of aryl methyl sites for hydroxylation is 2. The van der Waals surface area contributed by atoms with Crippen LogP contribution in [0.1, 0.15) is 18.2 Å². The maximum atomic E-state index is 13.0. The van der Waals surface area contributed by atoms with Gasteiger partial charge in [0.15, 0.2) is 0 Å². The van der Waals surface area contributed by atoms with Gasteiger partial charge in [-0.05, 0) is 59.3 Å². The molecule has 34 heavy (non-hydrogen) atoms. The van der Waals surface area contributed by atoms with Gasteiger partial charge in [-0.2, -0.15) is 0 Å². The summed E-state index contributed by atoms with van der Waals surface area (Å²) in [5, 5.41) is 8.00. The number of fused-ring (bicyclic) bond motifs is 2. The fourth-order valence-corrected chi connectivity index (χ4v) is 4.80. The first-order valence-electron chi connectivity index (χ1n) is 11.8. The Kier molecular flexibility index (Phi) is 5.97. The normalized spacial score (nSPS) is 14.0. The minimum absolute atomic E-state index is 0.116. The standard InChI is InChI=1S/C28H30N4O2/c1-4-20-18-25(27(34-3)29-19(20)2)30-28(33)32-14-12-31(13-15-32)26-11-7-10-23-16-21-8-5-6-9-22(21)17-24(23)26/h5-11,16-18H,4,12-15H2,1-3H3,(H,30,33). The van der Waals surface area contributed by atoms with E-state index in [0.29, 0.717) is 24.7 Å². The number of carbonyl (C=O) groups excluding carboxylic acids is 1. The second-order valence-electron chi connectivity index (χ2n) is 8.75. The van der Waals surface area contributed by atoms with E-state index >= 15 is 0 Å². The number of hydrogen-bond donors (Lipinski definition) is 1. The van der Waals surface area contributed by atoms with E-state index in [-0.39, 0.29) is 6.03 Å². The molecule has 0 bridgehead atoms. The van der Waals surface area contributed by atoms with Crippen molar-refractivity contribution in [3.05, 3.63) is 71.9 Å². The molecule has 0 atom stereocenters. The predicted molar refractivity (Wildman–Crippen MR) is 139 cm³/mol. The summed E-state index contributed by atoms with van der Waals surface area (Å²) in [5.74, 6) is 0.449. The van der Waals surface area contributed by atoms with Gasteiger partial charge in [0, 0.05) is 42.9 Å². The Balaban J connectivity index is 1.32. The molecule has 1 fully saturated rings. The molecule has 174 valence electrons. The molecule has 0 radical (unpaired) electrons. The lowest BCUT2D eigenvalue weighted by Gasteiger charge is -2.36. The highest BCUT2D eigenvalue weighted by Gasteiger charge is 2.23. The van der Waals surface area contributed by atoms with Gasteiger partial charge in [0.25, 0.3) is 0 Å². The number of piperazine rings is 1. The number of pyridine rings is 1. The number of nitrogens with zero attached hydrogens (tertiary/aromatic N) is 3. The van der Waals surface area contributed by atoms with Gasteiger partial charge in [0.05, 0.1) is 7.11 Å². The highest BCUT2D eigenvalue weighted by molar-refractivity contribution is 6.04. The van der Waals surface area contributed by atoms with E-state index in [9.17, 15) is 4.79 Å². The molecule has 4 aromatic rings. The number of amides is 2. The van der Waals surface area contributed by atoms with Gasteiger partial charge in [-0.3, -0.25) is 0 Å². The number of carbonyl (C=O) groups is 1. The van der Waals surface area contributed by atoms with E-state index in [0.717, 1.165) is 30.8 Å². The average molecular weight is 455 g/mol. The van der Waals surface area contributed by atoms with Crippen LogP contribution < -0.4 is 15.0 Å². The summed E-state index contributed by atoms with van der Waals surface area (Å²) in [6, 6.07) is 21.3. The number of ether oxygens (including phenoxy) is 1. The van der Waals surface area contributed by atoms with Crippen molar-refractivity contribution in [2.75, 3.05) is 43.5 Å². The SMILES string of the molecule is CCc1cc(NC(=O)N2CCN(c3cccc4cc5ccccc5cc34)CC2)c(OC)nc1C. The minimum atomic E-state index is -0.116. The molecule has 1 aromatic heterocycles. The minimum Gasteiger partial charge on any atom is -0.480 e. The molecule has 1 N–H and O–H groups in total. The van der Waals surface area contributed by atoms with Crippen LogP contribution in [0, 0.1) is 6.92 Å². The molecule has 2 amide bonds. The number of rotatable bonds is 4. The maximum absolute atomic E-state index is 13.0. The first-order valence-corrected chi connectivity index (χ1v) is 11.8. The van der Waals surface area contributed by atoms with Crippen LogP contribution in [0.3, 0.4) is 0 Å². The Hall–Kier alpha value is -3.80. The molecule has 2 heterocycles. The van der Waals surface area contributed by atoms with Gasteiger partial charge >= 0.3 is 6.03 Å². The zero-order valence-electron chi connectivity index (χ0n) is 20.0. The number of hydrogen-bond acceptors (Lipinski definition) is 4. The summed E-state index contributed by atoms with van der Waals surface area (Å²) in [6.07, 6.45) is 0.852. The Bertz CT molecular complexity index is 1360. The summed E-state index contributed by atoms with van der Waals surface area (Å²) >= 11 is 0. The van der Waals surface area contributed by atoms with E-state index < -0.39 is 0 Å². The quantitative estimate of drug-likeness (QED) is 0.407. The lowest BCUT2D eigenvalue weighted by molar-refractivity contribution is 0.208. The van der Waals surface area contributed by atoms with E-state index in [1.54, 1.807) is 7.11 Å². The molecule has 1 aliphatic rings. The fraction of sp³-hybridized carbons (Fsp3) is 0.286. The molecule has 0 aliphatic carbocycles. The molecule has 6 nitrogen and oxygen atoms in total. The molecule has 1 aliphatic heterocycles. The molecule has 6 heteroatoms. The molecule has 0 spiro atoms. The van der Waals surface area contributed by atoms with Crippen LogP contribution in [-0.4, -0.2) is 49.2 Å². The number of urea groups is 1. The fourth-order valence-electron chi connectivity index (χ4n) is 4.80. The maximum Gasteiger partial charge on any atom is 0.322 e. The van der Waals surface area contributed by atoms with Crippen LogP contribution in [0.25, 0.3) is 21.5 Å². The molecular formula is C28H30N4O2. The third-order valence-electron chi connectivity index (χ3n) is 6.73. The third kappa shape index (κ3) is 4.12. The zero-order valence-corrected chi connectivity index (χ0v) is 20.0. The lowest BCUT2D eigenvalue weighted by Crippen LogP contribution is -2.50. The van der Waals surface area contributed by atoms with E-state index in [4.69, 9.17) is 4.74 Å². The number of anilines is 2. The Morgan fingerprint density at radius 2 is 1.68 bits per heavy atom. The number of aromatic nitrogens is 1. The zero-order chi connectivity index (χ0) is 23.7. The first kappa shape index (κ1) is 22.0. The van der Waals surface area contributed by atoms with Crippen molar-refractivity contribution in [1.82, 2.24) is 9.88 Å². The van der Waals surface area contributed by atoms with Crippen molar-refractivity contribution in [2.45, 2.75) is 20.3 Å². The molecule has 0 saturated carbocycles. The summed E-state index contributed by atoms with van der Waals surface area (Å²) in [5.41, 5.74) is 3.87. The number of methoxy groups -OCH3 is 1. The third-order valence-corrected chi connectivity index (χ3v) is 6.73. The summed E-state index contributed by atoms with van der Waals surface area (Å²) in [6.45, 7) is 6.90. The van der Waals surface area contributed by atoms with Gasteiger partial charge < -0.3 is 19.9 Å². The molecule has 1 saturated heterocycles. The van der Waals surface area contributed by atoms with Crippen molar-refractivity contribution in [1.29, 1.82) is 0 Å². The van der Waals surface area contributed by atoms with E-state index in [2.05, 4.69) is 76.7 Å². The Morgan fingerprint density at radius 1 is 0.971 bits per heavy atom. The van der Waals surface area contributed by atoms with Crippen molar-refractivity contribution in [3.63, 3.8) is 0 Å². The summed E-state index contributed by atoms with van der Waals surface area (Å²) in [7, 11) is 1.58. The van der Waals surface area contributed by atoms with Crippen LogP contribution in [0.15, 0.2) is 60.7 Å². The first-order chi connectivity index (χ1) is 16.6. The van der Waals surface area contributed by atoms with Crippen molar-refractivity contribution >= 4 is 39.0 Å². The topological polar surface area (TPSA) is 57.7 Å². The van der Waals surface area contributed by atoms with Gasteiger partial charge in [-0.1, -0.05) is 43.3 Å². The van der Waals surface area contributed by atoms with Crippen LogP contribution in [0.2, 0.25) is 0 Å². The molecule has 3 aromatic carbocycles. The monoisotopic (exact) mass is 454 g/mol. The van der Waals surface area contributed by atoms with Crippen LogP contribution in [0.5, 0.6) is 5.88 Å². The largest absolute Gasteiger partial charge is 0.480 e. The smallest absolute Gasteiger partial charge is 0.322 e. The molecule has 5 rings (SSSR count). The Morgan fingerprint density at radius 3 is 2.38 bits per heavy atom. The average Bonchev–Trinajstić information content (AvgIpc) is 2.87. The van der Waals surface area contributed by atoms with Gasteiger partial charge in [-0.25, -0.2) is 9.78 Å². The second kappa shape index (κ2) is 9.21. The molecular weight excluding hydrogens is 424 g/mol. The highest BCUT2D eigenvalue weighted by Crippen LogP contribution is 2.32. The van der Waals surface area contributed by atoms with Crippen LogP contribution >= 0.6 is 0 Å². The van der Waals surface area contributed by atoms with Crippen LogP contribution in [-0.2, 0) is 6.42 Å². The van der Waals surface area contributed by atoms with E-state index in [1.165, 1.54) is 27.2 Å². The van der Waals surface area contributed by atoms with Crippen molar-refractivity contribution < 1.29 is 9.53 Å². The van der Waals surface area contributed by atoms with Gasteiger partial charge in [-0.15, -0.1) is 0 Å². The Labute approximate surface area is 200 Å². The van der Waals surface area contributed by atoms with Gasteiger partial charge in [0.1, 0.15) is 5.69 Å². The number of benzene rings is 3.